The fourth-order valence-electron chi connectivity index (χ4n) is 3.57. The minimum Gasteiger partial charge on any atom is -0.338 e. The Bertz CT molecular complexity index is 903. The molecule has 1 amide bonds. The van der Waals surface area contributed by atoms with Crippen LogP contribution in [0.1, 0.15) is 34.6 Å². The van der Waals surface area contributed by atoms with Gasteiger partial charge in [-0.15, -0.1) is 0 Å². The monoisotopic (exact) mass is 335 g/mol. The number of carbonyl (C=O) groups is 1. The summed E-state index contributed by atoms with van der Waals surface area (Å²) in [5.41, 5.74) is 3.35. The zero-order chi connectivity index (χ0) is 17.2. The van der Waals surface area contributed by atoms with Crippen LogP contribution in [0.25, 0.3) is 5.65 Å². The summed E-state index contributed by atoms with van der Waals surface area (Å²) in [4.78, 5) is 23.8. The maximum atomic E-state index is 12.9. The fraction of sp³-hybridized carbons (Fsp3) is 0.368. The Hall–Kier alpha value is -2.76. The molecule has 6 heteroatoms. The van der Waals surface area contributed by atoms with E-state index in [2.05, 4.69) is 21.1 Å². The lowest BCUT2D eigenvalue weighted by molar-refractivity contribution is 0.0674. The standard InChI is InChI=1S/C19H21N5O/c1-14-5-2-7-16(22-14)11-15-6-3-9-23(13-15)19(25)17-12-21-24-10-4-8-20-18(17)24/h2,4-5,7-8,10,12,15H,3,6,9,11,13H2,1H3/t15-/m1/s1. The number of likely N-dealkylation sites (tertiary alicyclic amines) is 1. The Kier molecular flexibility index (Phi) is 4.17. The zero-order valence-corrected chi connectivity index (χ0v) is 14.3. The first-order valence-corrected chi connectivity index (χ1v) is 8.71. The van der Waals surface area contributed by atoms with Crippen molar-refractivity contribution in [2.75, 3.05) is 13.1 Å². The fourth-order valence-corrected chi connectivity index (χ4v) is 3.57. The van der Waals surface area contributed by atoms with E-state index in [4.69, 9.17) is 0 Å². The van der Waals surface area contributed by atoms with Crippen LogP contribution in [0.4, 0.5) is 0 Å². The van der Waals surface area contributed by atoms with Crippen LogP contribution >= 0.6 is 0 Å². The minimum atomic E-state index is 0.0237. The summed E-state index contributed by atoms with van der Waals surface area (Å²) in [5.74, 6) is 0.470. The van der Waals surface area contributed by atoms with Crippen molar-refractivity contribution in [3.8, 4) is 0 Å². The number of hydrogen-bond donors (Lipinski definition) is 0. The highest BCUT2D eigenvalue weighted by Gasteiger charge is 2.27. The van der Waals surface area contributed by atoms with Gasteiger partial charge in [-0.1, -0.05) is 6.07 Å². The molecule has 1 aliphatic rings. The first-order chi connectivity index (χ1) is 12.2. The Morgan fingerprint density at radius 3 is 3.12 bits per heavy atom. The number of aryl methyl sites for hydroxylation is 1. The molecule has 128 valence electrons. The first-order valence-electron chi connectivity index (χ1n) is 8.71. The maximum Gasteiger partial charge on any atom is 0.259 e. The predicted octanol–water partition coefficient (Wildman–Crippen LogP) is 2.53. The molecular weight excluding hydrogens is 314 g/mol. The van der Waals surface area contributed by atoms with Crippen LogP contribution < -0.4 is 0 Å². The number of rotatable bonds is 3. The Labute approximate surface area is 146 Å². The van der Waals surface area contributed by atoms with E-state index in [-0.39, 0.29) is 5.91 Å². The summed E-state index contributed by atoms with van der Waals surface area (Å²) in [7, 11) is 0. The molecular formula is C19H21N5O. The summed E-state index contributed by atoms with van der Waals surface area (Å²) in [6.07, 6.45) is 8.19. The largest absolute Gasteiger partial charge is 0.338 e. The van der Waals surface area contributed by atoms with Crippen molar-refractivity contribution in [1.29, 1.82) is 0 Å². The number of aromatic nitrogens is 4. The Morgan fingerprint density at radius 2 is 2.24 bits per heavy atom. The lowest BCUT2D eigenvalue weighted by atomic mass is 9.92. The van der Waals surface area contributed by atoms with Gasteiger partial charge in [0.15, 0.2) is 5.65 Å². The average Bonchev–Trinajstić information content (AvgIpc) is 3.05. The first kappa shape index (κ1) is 15.7. The number of piperidine rings is 1. The van der Waals surface area contributed by atoms with Gasteiger partial charge in [0.1, 0.15) is 5.56 Å². The molecule has 4 heterocycles. The molecule has 3 aromatic rings. The van der Waals surface area contributed by atoms with E-state index in [1.807, 2.05) is 30.2 Å². The van der Waals surface area contributed by atoms with Crippen LogP contribution in [0.2, 0.25) is 0 Å². The number of hydrogen-bond acceptors (Lipinski definition) is 4. The summed E-state index contributed by atoms with van der Waals surface area (Å²) < 4.78 is 1.64. The third kappa shape index (κ3) is 3.24. The molecule has 1 fully saturated rings. The molecule has 1 saturated heterocycles. The molecule has 1 aliphatic heterocycles. The summed E-state index contributed by atoms with van der Waals surface area (Å²) in [6.45, 7) is 3.57. The van der Waals surface area contributed by atoms with Crippen LogP contribution in [0.5, 0.6) is 0 Å². The molecule has 6 nitrogen and oxygen atoms in total. The van der Waals surface area contributed by atoms with Gasteiger partial charge in [-0.25, -0.2) is 9.50 Å². The minimum absolute atomic E-state index is 0.0237. The third-order valence-corrected chi connectivity index (χ3v) is 4.76. The molecule has 0 saturated carbocycles. The van der Waals surface area contributed by atoms with Crippen LogP contribution in [-0.2, 0) is 6.42 Å². The zero-order valence-electron chi connectivity index (χ0n) is 14.3. The second kappa shape index (κ2) is 6.63. The molecule has 1 atom stereocenters. The van der Waals surface area contributed by atoms with E-state index in [0.717, 1.165) is 43.7 Å². The van der Waals surface area contributed by atoms with Crippen LogP contribution in [0, 0.1) is 12.8 Å². The number of carbonyl (C=O) groups excluding carboxylic acids is 1. The second-order valence-electron chi connectivity index (χ2n) is 6.68. The number of nitrogens with zero attached hydrogens (tertiary/aromatic N) is 5. The van der Waals surface area contributed by atoms with Gasteiger partial charge in [0.2, 0.25) is 0 Å². The van der Waals surface area contributed by atoms with Gasteiger partial charge in [0.05, 0.1) is 6.20 Å². The highest BCUT2D eigenvalue weighted by atomic mass is 16.2. The molecule has 4 rings (SSSR count). The van der Waals surface area contributed by atoms with Gasteiger partial charge in [-0.05, 0) is 50.3 Å². The molecule has 0 spiro atoms. The molecule has 0 N–H and O–H groups in total. The van der Waals surface area contributed by atoms with E-state index in [9.17, 15) is 4.79 Å². The topological polar surface area (TPSA) is 63.4 Å². The third-order valence-electron chi connectivity index (χ3n) is 4.76. The van der Waals surface area contributed by atoms with Crippen LogP contribution in [-0.4, -0.2) is 43.5 Å². The summed E-state index contributed by atoms with van der Waals surface area (Å²) in [6, 6.07) is 7.94. The van der Waals surface area contributed by atoms with Crippen LogP contribution in [0.3, 0.4) is 0 Å². The van der Waals surface area contributed by atoms with Gasteiger partial charge in [-0.3, -0.25) is 9.78 Å². The van der Waals surface area contributed by atoms with E-state index in [1.165, 1.54) is 0 Å². The molecule has 25 heavy (non-hydrogen) atoms. The van der Waals surface area contributed by atoms with Gasteiger partial charge < -0.3 is 4.90 Å². The average molecular weight is 335 g/mol. The van der Waals surface area contributed by atoms with E-state index in [0.29, 0.717) is 17.1 Å². The molecule has 0 aliphatic carbocycles. The number of amides is 1. The van der Waals surface area contributed by atoms with Crippen molar-refractivity contribution in [1.82, 2.24) is 24.5 Å². The van der Waals surface area contributed by atoms with E-state index in [1.54, 1.807) is 23.0 Å². The molecule has 0 unspecified atom stereocenters. The van der Waals surface area contributed by atoms with Crippen molar-refractivity contribution in [2.24, 2.45) is 5.92 Å². The highest BCUT2D eigenvalue weighted by Crippen LogP contribution is 2.22. The van der Waals surface area contributed by atoms with Crippen molar-refractivity contribution in [3.63, 3.8) is 0 Å². The summed E-state index contributed by atoms with van der Waals surface area (Å²) in [5, 5.41) is 4.23. The van der Waals surface area contributed by atoms with Crippen LogP contribution in [0.15, 0.2) is 42.9 Å². The summed E-state index contributed by atoms with van der Waals surface area (Å²) >= 11 is 0. The molecule has 0 bridgehead atoms. The van der Waals surface area contributed by atoms with E-state index < -0.39 is 0 Å². The lowest BCUT2D eigenvalue weighted by Crippen LogP contribution is -2.40. The predicted molar refractivity (Wildman–Crippen MR) is 94.3 cm³/mol. The smallest absolute Gasteiger partial charge is 0.259 e. The van der Waals surface area contributed by atoms with Gasteiger partial charge in [-0.2, -0.15) is 5.10 Å². The SMILES string of the molecule is Cc1cccc(C[C@H]2CCCN(C(=O)c3cnn4cccnc34)C2)n1. The molecule has 0 radical (unpaired) electrons. The number of fused-ring (bicyclic) bond motifs is 1. The van der Waals surface area contributed by atoms with Crippen molar-refractivity contribution >= 4 is 11.6 Å². The maximum absolute atomic E-state index is 12.9. The second-order valence-corrected chi connectivity index (χ2v) is 6.68. The quantitative estimate of drug-likeness (QED) is 0.738. The lowest BCUT2D eigenvalue weighted by Gasteiger charge is -2.32. The molecule has 0 aromatic carbocycles. The van der Waals surface area contributed by atoms with Crippen molar-refractivity contribution < 1.29 is 4.79 Å². The van der Waals surface area contributed by atoms with Gasteiger partial charge >= 0.3 is 0 Å². The normalized spacial score (nSPS) is 17.8. The van der Waals surface area contributed by atoms with E-state index >= 15 is 0 Å². The van der Waals surface area contributed by atoms with Crippen molar-refractivity contribution in [2.45, 2.75) is 26.2 Å². The molecule has 3 aromatic heterocycles. The highest BCUT2D eigenvalue weighted by molar-refractivity contribution is 5.99. The Morgan fingerprint density at radius 1 is 1.32 bits per heavy atom. The Balaban J connectivity index is 1.50. The van der Waals surface area contributed by atoms with Gasteiger partial charge in [0, 0.05) is 36.9 Å². The number of pyridine rings is 1. The van der Waals surface area contributed by atoms with Gasteiger partial charge in [0.25, 0.3) is 5.91 Å². The van der Waals surface area contributed by atoms with Crippen molar-refractivity contribution in [3.05, 3.63) is 59.8 Å².